The first-order valence-corrected chi connectivity index (χ1v) is 14.9. The van der Waals surface area contributed by atoms with E-state index < -0.39 is 18.2 Å². The zero-order valence-corrected chi connectivity index (χ0v) is 24.9. The van der Waals surface area contributed by atoms with Crippen molar-refractivity contribution in [1.29, 1.82) is 0 Å². The molecule has 12 heteroatoms. The van der Waals surface area contributed by atoms with Gasteiger partial charge in [0, 0.05) is 38.7 Å². The molecule has 3 N–H and O–H groups in total. The number of carbonyl (C=O) groups excluding carboxylic acids is 4. The number of phenolic OH excluding ortho intramolecular Hbond substituents is 1. The summed E-state index contributed by atoms with van der Waals surface area (Å²) in [5.74, 6) is -0.654. The number of urea groups is 1. The van der Waals surface area contributed by atoms with Crippen LogP contribution in [0.4, 0.5) is 10.5 Å². The molecular weight excluding hydrogens is 574 g/mol. The lowest BCUT2D eigenvalue weighted by Crippen LogP contribution is -2.76. The first-order chi connectivity index (χ1) is 21.8. The summed E-state index contributed by atoms with van der Waals surface area (Å²) < 4.78 is 0. The first-order valence-electron chi connectivity index (χ1n) is 14.9. The molecule has 12 nitrogen and oxygen atoms in total. The summed E-state index contributed by atoms with van der Waals surface area (Å²) in [6, 6.07) is 18.2. The molecule has 45 heavy (non-hydrogen) atoms. The molecule has 0 radical (unpaired) electrons. The molecule has 3 heterocycles. The molecule has 2 aliphatic heterocycles. The Bertz CT molecular complexity index is 1500. The number of benzene rings is 2. The van der Waals surface area contributed by atoms with Gasteiger partial charge >= 0.3 is 6.03 Å². The van der Waals surface area contributed by atoms with E-state index in [1.807, 2.05) is 30.3 Å². The van der Waals surface area contributed by atoms with Crippen LogP contribution in [0.5, 0.6) is 5.75 Å². The number of amides is 5. The molecule has 3 aromatic rings. The molecule has 2 saturated heterocycles. The van der Waals surface area contributed by atoms with Crippen LogP contribution in [0.2, 0.25) is 0 Å². The van der Waals surface area contributed by atoms with Crippen molar-refractivity contribution in [2.45, 2.75) is 38.0 Å². The predicted octanol–water partition coefficient (Wildman–Crippen LogP) is 2.74. The van der Waals surface area contributed by atoms with E-state index in [1.54, 1.807) is 52.6 Å². The van der Waals surface area contributed by atoms with Crippen LogP contribution < -0.4 is 10.6 Å². The second kappa shape index (κ2) is 14.5. The number of pyridine rings is 1. The zero-order valence-electron chi connectivity index (χ0n) is 24.9. The fraction of sp³-hybridized carbons (Fsp3) is 0.303. The Morgan fingerprint density at radius 1 is 1.02 bits per heavy atom. The summed E-state index contributed by atoms with van der Waals surface area (Å²) in [5.41, 5.74) is 2.26. The number of rotatable bonds is 11. The zero-order chi connectivity index (χ0) is 31.8. The van der Waals surface area contributed by atoms with Gasteiger partial charge in [-0.05, 0) is 41.8 Å². The molecule has 0 saturated carbocycles. The van der Waals surface area contributed by atoms with Gasteiger partial charge < -0.3 is 25.5 Å². The lowest BCUT2D eigenvalue weighted by atomic mass is 9.98. The molecule has 0 aliphatic carbocycles. The number of aromatic nitrogens is 1. The van der Waals surface area contributed by atoms with Gasteiger partial charge in [0.1, 0.15) is 18.0 Å². The van der Waals surface area contributed by atoms with Gasteiger partial charge in [-0.1, -0.05) is 48.5 Å². The molecule has 234 valence electrons. The van der Waals surface area contributed by atoms with Gasteiger partial charge in [-0.3, -0.25) is 19.4 Å². The van der Waals surface area contributed by atoms with Gasteiger partial charge in [0.25, 0.3) is 0 Å². The van der Waals surface area contributed by atoms with Crippen molar-refractivity contribution in [2.75, 3.05) is 31.5 Å². The van der Waals surface area contributed by atoms with E-state index >= 15 is 0 Å². The number of fused-ring (bicyclic) bond motifs is 1. The quantitative estimate of drug-likeness (QED) is 0.284. The van der Waals surface area contributed by atoms with Crippen molar-refractivity contribution in [1.82, 2.24) is 30.1 Å². The normalized spacial score (nSPS) is 18.4. The topological polar surface area (TPSA) is 138 Å². The molecular formula is C33H37N7O5. The number of hydrogen-bond donors (Lipinski definition) is 3. The Morgan fingerprint density at radius 2 is 1.80 bits per heavy atom. The third-order valence-electron chi connectivity index (χ3n) is 7.81. The molecule has 2 aliphatic rings. The molecule has 5 rings (SSSR count). The third kappa shape index (κ3) is 7.65. The standard InChI is InChI=1S/C33H37N7O5/c1-2-17-38-23-31(43)39-28(19-24-12-14-27(41)15-13-24)32(44)37(18-7-11-29(42)36-26-10-6-16-34-21-26)22-30(39)40(38)33(45)35-20-25-8-4-3-5-9-25/h2-6,8-10,12-16,21,28,30,41H,1,7,11,17-20,22-23H2,(H,35,45)(H,36,42)/t28-,30-/m0/s1. The van der Waals surface area contributed by atoms with E-state index in [0.29, 0.717) is 12.1 Å². The highest BCUT2D eigenvalue weighted by Crippen LogP contribution is 2.29. The van der Waals surface area contributed by atoms with Gasteiger partial charge in [-0.2, -0.15) is 0 Å². The molecule has 0 bridgehead atoms. The van der Waals surface area contributed by atoms with E-state index in [1.165, 1.54) is 22.0 Å². The molecule has 0 unspecified atom stereocenters. The van der Waals surface area contributed by atoms with Crippen LogP contribution in [0.1, 0.15) is 24.0 Å². The Hall–Kier alpha value is -5.23. The van der Waals surface area contributed by atoms with Crippen LogP contribution in [-0.2, 0) is 27.3 Å². The van der Waals surface area contributed by atoms with E-state index in [-0.39, 0.29) is 69.0 Å². The lowest BCUT2D eigenvalue weighted by Gasteiger charge is -2.55. The molecule has 2 fully saturated rings. The monoisotopic (exact) mass is 611 g/mol. The maximum atomic E-state index is 14.0. The smallest absolute Gasteiger partial charge is 0.334 e. The number of nitrogens with one attached hydrogen (secondary N) is 2. The Kier molecular flexibility index (Phi) is 10.1. The molecule has 2 atom stereocenters. The molecule has 1 aromatic heterocycles. The predicted molar refractivity (Wildman–Crippen MR) is 167 cm³/mol. The maximum Gasteiger partial charge on any atom is 0.334 e. The van der Waals surface area contributed by atoms with Gasteiger partial charge in [-0.15, -0.1) is 6.58 Å². The van der Waals surface area contributed by atoms with Crippen molar-refractivity contribution >= 4 is 29.4 Å². The summed E-state index contributed by atoms with van der Waals surface area (Å²) in [7, 11) is 0. The van der Waals surface area contributed by atoms with Gasteiger partial charge in [0.05, 0.1) is 25.0 Å². The Balaban J connectivity index is 1.38. The number of nitrogens with zero attached hydrogens (tertiary/aromatic N) is 5. The van der Waals surface area contributed by atoms with E-state index in [2.05, 4.69) is 22.2 Å². The Morgan fingerprint density at radius 3 is 2.51 bits per heavy atom. The van der Waals surface area contributed by atoms with Gasteiger partial charge in [0.15, 0.2) is 0 Å². The average Bonchev–Trinajstić information content (AvgIpc) is 3.04. The number of phenols is 1. The van der Waals surface area contributed by atoms with Crippen molar-refractivity contribution in [2.24, 2.45) is 0 Å². The summed E-state index contributed by atoms with van der Waals surface area (Å²) in [6.45, 7) is 4.57. The van der Waals surface area contributed by atoms with Crippen LogP contribution in [0.15, 0.2) is 91.8 Å². The van der Waals surface area contributed by atoms with Crippen LogP contribution in [0, 0.1) is 0 Å². The van der Waals surface area contributed by atoms with Crippen LogP contribution >= 0.6 is 0 Å². The first kappa shape index (κ1) is 31.2. The van der Waals surface area contributed by atoms with Crippen LogP contribution in [-0.4, -0.2) is 92.0 Å². The minimum Gasteiger partial charge on any atom is -0.508 e. The summed E-state index contributed by atoms with van der Waals surface area (Å²) >= 11 is 0. The van der Waals surface area contributed by atoms with Gasteiger partial charge in [0.2, 0.25) is 17.7 Å². The summed E-state index contributed by atoms with van der Waals surface area (Å²) in [4.78, 5) is 61.2. The second-order valence-corrected chi connectivity index (χ2v) is 11.0. The SMILES string of the molecule is C=CCN1CC(=O)N2[C@@H](Cc3ccc(O)cc3)C(=O)N(CCCC(=O)Nc3cccnc3)C[C@@H]2N1C(=O)NCc1ccccc1. The highest BCUT2D eigenvalue weighted by Gasteiger charge is 2.51. The highest BCUT2D eigenvalue weighted by molar-refractivity contribution is 5.92. The number of hydrazine groups is 1. The minimum atomic E-state index is -0.889. The van der Waals surface area contributed by atoms with Gasteiger partial charge in [-0.25, -0.2) is 14.8 Å². The van der Waals surface area contributed by atoms with Crippen LogP contribution in [0.3, 0.4) is 0 Å². The van der Waals surface area contributed by atoms with E-state index in [4.69, 9.17) is 0 Å². The number of anilines is 1. The molecule has 5 amide bonds. The largest absolute Gasteiger partial charge is 0.508 e. The Labute approximate surface area is 261 Å². The van der Waals surface area contributed by atoms with Crippen LogP contribution in [0.25, 0.3) is 0 Å². The summed E-state index contributed by atoms with van der Waals surface area (Å²) in [5, 5.41) is 18.7. The fourth-order valence-corrected chi connectivity index (χ4v) is 5.70. The number of hydrogen-bond acceptors (Lipinski definition) is 7. The van der Waals surface area contributed by atoms with Crippen molar-refractivity contribution in [3.63, 3.8) is 0 Å². The van der Waals surface area contributed by atoms with Crippen molar-refractivity contribution < 1.29 is 24.3 Å². The van der Waals surface area contributed by atoms with E-state index in [9.17, 15) is 24.3 Å². The van der Waals surface area contributed by atoms with E-state index in [0.717, 1.165) is 11.1 Å². The summed E-state index contributed by atoms with van der Waals surface area (Å²) in [6.07, 6.45) is 4.75. The third-order valence-corrected chi connectivity index (χ3v) is 7.81. The number of carbonyl (C=O) groups is 4. The number of aromatic hydroxyl groups is 1. The average molecular weight is 612 g/mol. The minimum absolute atomic E-state index is 0.0767. The lowest BCUT2D eigenvalue weighted by molar-refractivity contribution is -0.189. The molecule has 2 aromatic carbocycles. The number of piperazine rings is 1. The maximum absolute atomic E-state index is 14.0. The highest BCUT2D eigenvalue weighted by atomic mass is 16.3. The molecule has 0 spiro atoms. The second-order valence-electron chi connectivity index (χ2n) is 11.0. The van der Waals surface area contributed by atoms with Crippen molar-refractivity contribution in [3.8, 4) is 5.75 Å². The van der Waals surface area contributed by atoms with Crippen molar-refractivity contribution in [3.05, 3.63) is 103 Å². The fourth-order valence-electron chi connectivity index (χ4n) is 5.70.